The number of aliphatic carboxylic acids is 1. The summed E-state index contributed by atoms with van der Waals surface area (Å²) < 4.78 is 51.4. The average Bonchev–Trinajstić information content (AvgIpc) is 1.59. The van der Waals surface area contributed by atoms with Crippen molar-refractivity contribution < 1.29 is 67.4 Å². The number of amides is 2. The lowest BCUT2D eigenvalue weighted by Crippen LogP contribution is -2.31. The lowest BCUT2D eigenvalue weighted by molar-refractivity contribution is -0.131. The Hall–Kier alpha value is -16.3. The number of fused-ring (bicyclic) bond motifs is 3. The van der Waals surface area contributed by atoms with Gasteiger partial charge in [0.25, 0.3) is 0 Å². The molecule has 1 aliphatic rings. The Morgan fingerprint density at radius 3 is 1.26 bits per heavy atom. The van der Waals surface area contributed by atoms with E-state index in [1.807, 2.05) is 137 Å². The van der Waals surface area contributed by atoms with Gasteiger partial charge >= 0.3 is 42.3 Å². The van der Waals surface area contributed by atoms with Crippen molar-refractivity contribution in [2.24, 2.45) is 0 Å². The number of carboxylic acid groups (broad SMARTS) is 1. The fraction of sp³-hybridized carbons (Fsp3) is 0.204. The van der Waals surface area contributed by atoms with Gasteiger partial charge in [-0.15, -0.1) is 0 Å². The Labute approximate surface area is 745 Å². The average molecular weight is 1760 g/mol. The number of aromatic nitrogens is 12. The second-order valence-corrected chi connectivity index (χ2v) is 31.5. The van der Waals surface area contributed by atoms with Gasteiger partial charge in [-0.3, -0.25) is 24.7 Å². The van der Waals surface area contributed by atoms with Crippen LogP contribution in [0.1, 0.15) is 71.1 Å². The topological polar surface area (TPSA) is 486 Å². The summed E-state index contributed by atoms with van der Waals surface area (Å²) in [5, 5.41) is 31.8. The number of hydrogen-bond acceptors (Lipinski definition) is 27. The molecule has 14 N–H and O–H groups in total. The molecule has 36 nitrogen and oxygen atoms in total. The maximum atomic E-state index is 14.1. The van der Waals surface area contributed by atoms with E-state index in [4.69, 9.17) is 76.0 Å². The van der Waals surface area contributed by atoms with Gasteiger partial charge in [-0.1, -0.05) is 66.7 Å². The van der Waals surface area contributed by atoms with Crippen LogP contribution in [0.15, 0.2) is 246 Å². The first-order chi connectivity index (χ1) is 62.0. The van der Waals surface area contributed by atoms with E-state index >= 15 is 0 Å². The first-order valence-corrected chi connectivity index (χ1v) is 40.5. The number of aromatic amines is 1. The van der Waals surface area contributed by atoms with Crippen LogP contribution in [0.25, 0.3) is 61.9 Å². The molecule has 670 valence electrons. The van der Waals surface area contributed by atoms with Crippen LogP contribution in [0.5, 0.6) is 51.7 Å². The van der Waals surface area contributed by atoms with Crippen molar-refractivity contribution in [1.82, 2.24) is 62.6 Å². The zero-order valence-corrected chi connectivity index (χ0v) is 73.4. The maximum absolute atomic E-state index is 14.1. The predicted molar refractivity (Wildman–Crippen MR) is 498 cm³/mol. The largest absolute Gasteiger partial charge is 0.497 e. The number of aryl methyl sites for hydroxylation is 3. The molecule has 15 aromatic rings. The maximum Gasteiger partial charge on any atom is 0.488 e. The zero-order valence-electron chi connectivity index (χ0n) is 73.4. The highest BCUT2D eigenvalue weighted by atomic mass is 16.6. The van der Waals surface area contributed by atoms with Gasteiger partial charge in [-0.05, 0) is 207 Å². The highest BCUT2D eigenvalue weighted by Gasteiger charge is 2.28. The van der Waals surface area contributed by atoms with Crippen LogP contribution in [0.4, 0.5) is 44.1 Å². The Balaban J connectivity index is 0.000000156. The van der Waals surface area contributed by atoms with Crippen molar-refractivity contribution in [2.75, 3.05) is 68.5 Å². The molecule has 16 rings (SSSR count). The number of likely N-dealkylation sites (N-methyl/N-ethyl adjacent to an activating group) is 1. The molecular formula is C93H98BN19O17. The minimum Gasteiger partial charge on any atom is -0.497 e. The van der Waals surface area contributed by atoms with Crippen LogP contribution in [0.3, 0.4) is 0 Å². The number of anilines is 6. The molecule has 130 heavy (non-hydrogen) atoms. The molecule has 0 aliphatic heterocycles. The quantitative estimate of drug-likeness (QED) is 0.0181. The van der Waals surface area contributed by atoms with Crippen molar-refractivity contribution >= 4 is 98.7 Å². The lowest BCUT2D eigenvalue weighted by atomic mass is 9.77. The molecule has 1 fully saturated rings. The molecule has 0 saturated heterocycles. The summed E-state index contributed by atoms with van der Waals surface area (Å²) in [6.45, 7) is 16.9. The number of methoxy groups -OCH3 is 3. The van der Waals surface area contributed by atoms with Crippen molar-refractivity contribution in [1.29, 1.82) is 0 Å². The van der Waals surface area contributed by atoms with Crippen molar-refractivity contribution in [2.45, 2.75) is 92.4 Å². The first kappa shape index (κ1) is 92.9. The van der Waals surface area contributed by atoms with Crippen molar-refractivity contribution in [3.05, 3.63) is 279 Å². The Bertz CT molecular complexity index is 6820. The zero-order chi connectivity index (χ0) is 93.4. The van der Waals surface area contributed by atoms with Gasteiger partial charge in [0, 0.05) is 72.1 Å². The minimum atomic E-state index is -1.44. The number of hydrogen-bond donors (Lipinski definition) is 10. The van der Waals surface area contributed by atoms with Crippen LogP contribution in [0.2, 0.25) is 0 Å². The van der Waals surface area contributed by atoms with E-state index in [-0.39, 0.29) is 28.8 Å². The SMILES string of the molecule is CN(C/C=C/C(=O)O)C1CC1.COc1cc(N)cc(-n2c(=O)n(-c3ccc(Oc4ccccc4)cc3C)c3c(N)ncnc32)c1.COc1cc(NC(=O)OC(C)(C)C)cc(-n2c(=O)[nH]c3c(N)ncnc32)c1.COc1cc(NC(=O)OC(C)(C)C)cc(-n2c(=O)n(-c3ccc(Oc4ccccc4)cc3C)c3c(N)ncnc32)c1.Cc1cc(Oc2ccccc2)ccc1B(O)O. The number of nitrogen functional groups attached to an aromatic ring is 4. The van der Waals surface area contributed by atoms with Crippen LogP contribution in [0, 0.1) is 20.8 Å². The third-order valence-electron chi connectivity index (χ3n) is 19.4. The smallest absolute Gasteiger partial charge is 0.488 e. The molecule has 6 aromatic heterocycles. The molecule has 9 aromatic carbocycles. The number of rotatable bonds is 21. The highest BCUT2D eigenvalue weighted by Crippen LogP contribution is 2.35. The van der Waals surface area contributed by atoms with Gasteiger partial charge in [-0.2, -0.15) is 0 Å². The molecule has 0 radical (unpaired) electrons. The Kier molecular flexibility index (Phi) is 29.1. The minimum absolute atomic E-state index is 0.130. The number of imidazole rings is 3. The molecule has 6 heterocycles. The molecule has 0 bridgehead atoms. The van der Waals surface area contributed by atoms with Gasteiger partial charge in [-0.25, -0.2) is 72.4 Å². The monoisotopic (exact) mass is 1760 g/mol. The number of carboxylic acids is 1. The second kappa shape index (κ2) is 40.8. The number of nitrogens with one attached hydrogen (secondary N) is 3. The van der Waals surface area contributed by atoms with E-state index in [9.17, 15) is 28.8 Å². The summed E-state index contributed by atoms with van der Waals surface area (Å²) in [5.41, 5.74) is 30.4. The normalized spacial score (nSPS) is 11.7. The summed E-state index contributed by atoms with van der Waals surface area (Å²) in [6, 6.07) is 59.9. The lowest BCUT2D eigenvalue weighted by Gasteiger charge is -2.20. The number of H-pyrrole nitrogens is 1. The van der Waals surface area contributed by atoms with Gasteiger partial charge in [0.2, 0.25) is 0 Å². The molecule has 1 aliphatic carbocycles. The van der Waals surface area contributed by atoms with E-state index in [2.05, 4.69) is 50.4 Å². The van der Waals surface area contributed by atoms with Gasteiger partial charge in [0.05, 0.1) is 49.8 Å². The summed E-state index contributed by atoms with van der Waals surface area (Å²) >= 11 is 0. The number of carbonyl (C=O) groups excluding carboxylic acids is 2. The summed E-state index contributed by atoms with van der Waals surface area (Å²) in [5.74, 6) is 5.06. The van der Waals surface area contributed by atoms with E-state index in [0.717, 1.165) is 34.7 Å². The standard InChI is InChI=1S/C30H30N6O5.C25H22N6O3.C17H20N6O4.C13H13BO3.C8H13NO2/c1-18-13-22(40-21-9-7-6-8-10-21)11-12-24(18)36-25-26(31)32-17-33-27(25)35(29(36)38)20-14-19(15-23(16-20)39-5)34-28(37)41-30(2,3)4;1-15-10-19(34-18-6-4-3-5-7-18)8-9-21(15)31-22-23(27)28-14-29-24(22)30(25(31)32)17-11-16(26)12-20(13-17)33-2;1-17(2,3)27-16(25)21-9-5-10(7-11(6-9)26-4)23-14-12(22-15(23)24)13(18)19-8-20-14;1-10-9-12(7-8-13(10)14(15)16)17-11-5-3-2-4-6-11;1-9(7-4-5-7)6-2-3-8(10)11/h6-17H,1-5H3,(H,34,37)(H2,31,32,33);3-14H,26H2,1-2H3,(H2,27,28,29);5-8H,1-4H3,(H,21,25)(H,22,24)(H2,18,19,20);2-9,15-16H,1H3;2-3,7H,4-6H2,1H3,(H,10,11)/b;;;;3-2+. The van der Waals surface area contributed by atoms with Crippen molar-refractivity contribution in [3.63, 3.8) is 0 Å². The fourth-order valence-corrected chi connectivity index (χ4v) is 13.4. The number of ether oxygens (including phenoxy) is 8. The molecule has 1 saturated carbocycles. The third kappa shape index (κ3) is 23.4. The molecule has 0 unspecified atom stereocenters. The molecule has 37 heteroatoms. The number of nitrogens with zero attached hydrogens (tertiary/aromatic N) is 12. The Morgan fingerprint density at radius 1 is 0.477 bits per heavy atom. The van der Waals surface area contributed by atoms with Crippen LogP contribution in [-0.2, 0) is 14.3 Å². The molecule has 2 amide bonds. The number of nitrogens with two attached hydrogens (primary N) is 4. The molecular weight excluding hydrogens is 1670 g/mol. The summed E-state index contributed by atoms with van der Waals surface area (Å²) in [4.78, 5) is 105. The van der Waals surface area contributed by atoms with E-state index < -0.39 is 47.9 Å². The summed E-state index contributed by atoms with van der Waals surface area (Å²) in [7, 11) is 5.08. The van der Waals surface area contributed by atoms with E-state index in [0.29, 0.717) is 125 Å². The van der Waals surface area contributed by atoms with Crippen LogP contribution < -0.4 is 84.5 Å². The van der Waals surface area contributed by atoms with E-state index in [1.54, 1.807) is 139 Å². The van der Waals surface area contributed by atoms with Gasteiger partial charge in [0.1, 0.15) is 98.5 Å². The predicted octanol–water partition coefficient (Wildman–Crippen LogP) is 13.7. The third-order valence-corrected chi connectivity index (χ3v) is 19.4. The van der Waals surface area contributed by atoms with Gasteiger partial charge < -0.3 is 81.0 Å². The van der Waals surface area contributed by atoms with Gasteiger partial charge in [0.15, 0.2) is 34.4 Å². The van der Waals surface area contributed by atoms with E-state index in [1.165, 1.54) is 82.1 Å². The second-order valence-electron chi connectivity index (χ2n) is 31.5. The number of benzene rings is 9. The fourth-order valence-electron chi connectivity index (χ4n) is 13.4. The molecule has 0 atom stereocenters. The molecule has 0 spiro atoms. The highest BCUT2D eigenvalue weighted by molar-refractivity contribution is 6.59. The summed E-state index contributed by atoms with van der Waals surface area (Å²) in [6.07, 6.45) is 8.01. The number of para-hydroxylation sites is 3. The first-order valence-electron chi connectivity index (χ1n) is 40.5. The number of carbonyl (C=O) groups is 3. The van der Waals surface area contributed by atoms with Crippen LogP contribution in [-0.4, -0.2) is 155 Å². The van der Waals surface area contributed by atoms with Crippen LogP contribution >= 0.6 is 0 Å². The Morgan fingerprint density at radius 2 is 0.869 bits per heavy atom. The van der Waals surface area contributed by atoms with Crippen molar-refractivity contribution in [3.8, 4) is 80.2 Å².